The van der Waals surface area contributed by atoms with Gasteiger partial charge in [-0.3, -0.25) is 24.6 Å². The second kappa shape index (κ2) is 9.92. The van der Waals surface area contributed by atoms with Crippen LogP contribution in [0, 0.1) is 11.7 Å². The Hall–Kier alpha value is -2.65. The number of carbonyl (C=O) groups excluding carboxylic acids is 3. The van der Waals surface area contributed by atoms with Crippen molar-refractivity contribution in [2.75, 3.05) is 31.5 Å². The minimum Gasteiger partial charge on any atom is -0.340 e. The average Bonchev–Trinajstić information content (AvgIpc) is 3.27. The fraction of sp³-hybridized carbons (Fsp3) is 0.520. The molecule has 0 spiro atoms. The fourth-order valence-corrected chi connectivity index (χ4v) is 6.31. The Morgan fingerprint density at radius 2 is 1.82 bits per heavy atom. The third-order valence-corrected chi connectivity index (χ3v) is 8.25. The number of thiazole rings is 1. The number of amides is 2. The van der Waals surface area contributed by atoms with Crippen LogP contribution in [0.15, 0.2) is 24.3 Å². The van der Waals surface area contributed by atoms with Crippen LogP contribution < -0.4 is 5.32 Å². The summed E-state index contributed by atoms with van der Waals surface area (Å²) in [6, 6.07) is 6.05. The molecule has 0 unspecified atom stereocenters. The van der Waals surface area contributed by atoms with Crippen molar-refractivity contribution in [1.82, 2.24) is 14.8 Å². The first-order valence-corrected chi connectivity index (χ1v) is 12.9. The predicted octanol–water partition coefficient (Wildman–Crippen LogP) is 3.76. The van der Waals surface area contributed by atoms with Gasteiger partial charge in [0, 0.05) is 50.6 Å². The molecule has 5 rings (SSSR count). The zero-order valence-corrected chi connectivity index (χ0v) is 19.9. The van der Waals surface area contributed by atoms with Crippen LogP contribution in [0.1, 0.15) is 64.2 Å². The summed E-state index contributed by atoms with van der Waals surface area (Å²) in [5.74, 6) is -1.47. The Balaban J connectivity index is 1.20. The molecule has 1 saturated carbocycles. The molecule has 7 nitrogen and oxygen atoms in total. The van der Waals surface area contributed by atoms with Crippen LogP contribution in [0.5, 0.6) is 0 Å². The molecule has 2 fully saturated rings. The van der Waals surface area contributed by atoms with Gasteiger partial charge in [-0.25, -0.2) is 9.37 Å². The van der Waals surface area contributed by atoms with Crippen molar-refractivity contribution in [3.05, 3.63) is 46.2 Å². The summed E-state index contributed by atoms with van der Waals surface area (Å²) in [6.45, 7) is 3.21. The first kappa shape index (κ1) is 23.1. The predicted molar refractivity (Wildman–Crippen MR) is 128 cm³/mol. The van der Waals surface area contributed by atoms with Gasteiger partial charge in [0.05, 0.1) is 16.5 Å². The van der Waals surface area contributed by atoms with Gasteiger partial charge in [0.2, 0.25) is 5.91 Å². The maximum Gasteiger partial charge on any atom is 0.257 e. The van der Waals surface area contributed by atoms with Crippen molar-refractivity contribution in [3.63, 3.8) is 0 Å². The van der Waals surface area contributed by atoms with Gasteiger partial charge < -0.3 is 4.90 Å². The summed E-state index contributed by atoms with van der Waals surface area (Å²) >= 11 is 1.12. The Morgan fingerprint density at radius 1 is 1.06 bits per heavy atom. The number of rotatable bonds is 4. The summed E-state index contributed by atoms with van der Waals surface area (Å²) < 4.78 is 13.4. The normalized spacial score (nSPS) is 21.9. The van der Waals surface area contributed by atoms with Gasteiger partial charge in [-0.15, -0.1) is 0 Å². The molecule has 2 amide bonds. The number of fused-ring (bicyclic) bond motifs is 1. The highest BCUT2D eigenvalue weighted by Crippen LogP contribution is 2.33. The second-order valence-electron chi connectivity index (χ2n) is 9.44. The molecule has 180 valence electrons. The monoisotopic (exact) mass is 484 g/mol. The van der Waals surface area contributed by atoms with E-state index >= 15 is 0 Å². The SMILES string of the molecule is O=C(Nc1nc2c(s1)C(=O)C[C@H](C(=O)N1CCN(C3CCCCC3)CC1)C2)c1cccc(F)c1. The van der Waals surface area contributed by atoms with Crippen molar-refractivity contribution in [2.24, 2.45) is 5.92 Å². The summed E-state index contributed by atoms with van der Waals surface area (Å²) in [5.41, 5.74) is 0.745. The lowest BCUT2D eigenvalue weighted by atomic mass is 9.88. The van der Waals surface area contributed by atoms with E-state index in [1.807, 2.05) is 4.90 Å². The molecule has 1 aromatic carbocycles. The summed E-state index contributed by atoms with van der Waals surface area (Å²) in [6.07, 6.45) is 7.03. The highest BCUT2D eigenvalue weighted by molar-refractivity contribution is 7.17. The van der Waals surface area contributed by atoms with E-state index in [1.165, 1.54) is 50.3 Å². The van der Waals surface area contributed by atoms with Crippen molar-refractivity contribution < 1.29 is 18.8 Å². The second-order valence-corrected chi connectivity index (χ2v) is 10.4. The number of hydrogen-bond donors (Lipinski definition) is 1. The van der Waals surface area contributed by atoms with Crippen LogP contribution in [0.25, 0.3) is 0 Å². The Morgan fingerprint density at radius 3 is 2.56 bits per heavy atom. The van der Waals surface area contributed by atoms with E-state index in [0.717, 1.165) is 30.5 Å². The van der Waals surface area contributed by atoms with Crippen LogP contribution in [0.3, 0.4) is 0 Å². The minimum absolute atomic E-state index is 0.0284. The molecular weight excluding hydrogens is 455 g/mol. The molecule has 2 aromatic rings. The van der Waals surface area contributed by atoms with E-state index < -0.39 is 17.6 Å². The van der Waals surface area contributed by atoms with Crippen molar-refractivity contribution >= 4 is 34.1 Å². The third kappa shape index (κ3) is 4.90. The van der Waals surface area contributed by atoms with Gasteiger partial charge in [-0.2, -0.15) is 0 Å². The maximum atomic E-state index is 13.4. The number of Topliss-reactive ketones (excluding diaryl/α,β-unsaturated/α-hetero) is 1. The molecular formula is C25H29FN4O3S. The molecule has 1 saturated heterocycles. The van der Waals surface area contributed by atoms with Crippen LogP contribution in [0.2, 0.25) is 0 Å². The number of carbonyl (C=O) groups is 3. The number of nitrogens with one attached hydrogen (secondary N) is 1. The molecule has 34 heavy (non-hydrogen) atoms. The topological polar surface area (TPSA) is 82.6 Å². The number of hydrogen-bond acceptors (Lipinski definition) is 6. The molecule has 0 bridgehead atoms. The van der Waals surface area contributed by atoms with Crippen molar-refractivity contribution in [1.29, 1.82) is 0 Å². The fourth-order valence-electron chi connectivity index (χ4n) is 5.37. The molecule has 2 aliphatic carbocycles. The number of anilines is 1. The zero-order valence-electron chi connectivity index (χ0n) is 19.1. The molecule has 1 atom stereocenters. The molecule has 2 heterocycles. The van der Waals surface area contributed by atoms with Gasteiger partial charge in [-0.1, -0.05) is 36.7 Å². The van der Waals surface area contributed by atoms with Gasteiger partial charge in [0.25, 0.3) is 5.91 Å². The zero-order chi connectivity index (χ0) is 23.7. The third-order valence-electron chi connectivity index (χ3n) is 7.20. The van der Waals surface area contributed by atoms with E-state index in [0.29, 0.717) is 41.3 Å². The largest absolute Gasteiger partial charge is 0.340 e. The van der Waals surface area contributed by atoms with Crippen molar-refractivity contribution in [3.8, 4) is 0 Å². The molecule has 9 heteroatoms. The van der Waals surface area contributed by atoms with Crippen molar-refractivity contribution in [2.45, 2.75) is 51.0 Å². The average molecular weight is 485 g/mol. The number of piperazine rings is 1. The Labute approximate surface area is 202 Å². The first-order valence-electron chi connectivity index (χ1n) is 12.1. The molecule has 1 aliphatic heterocycles. The lowest BCUT2D eigenvalue weighted by Crippen LogP contribution is -2.54. The van der Waals surface area contributed by atoms with Gasteiger partial charge >= 0.3 is 0 Å². The van der Waals surface area contributed by atoms with Crippen LogP contribution in [-0.2, 0) is 11.2 Å². The number of halogens is 1. The first-order chi connectivity index (χ1) is 16.5. The van der Waals surface area contributed by atoms with E-state index in [2.05, 4.69) is 15.2 Å². The molecule has 1 N–H and O–H groups in total. The molecule has 3 aliphatic rings. The number of nitrogens with zero attached hydrogens (tertiary/aromatic N) is 3. The molecule has 0 radical (unpaired) electrons. The van der Waals surface area contributed by atoms with E-state index in [4.69, 9.17) is 0 Å². The van der Waals surface area contributed by atoms with E-state index in [1.54, 1.807) is 0 Å². The Bertz CT molecular complexity index is 1090. The smallest absolute Gasteiger partial charge is 0.257 e. The highest BCUT2D eigenvalue weighted by Gasteiger charge is 2.36. The number of ketones is 1. The van der Waals surface area contributed by atoms with Gasteiger partial charge in [-0.05, 0) is 31.0 Å². The van der Waals surface area contributed by atoms with E-state index in [-0.39, 0.29) is 23.7 Å². The van der Waals surface area contributed by atoms with Crippen LogP contribution >= 0.6 is 11.3 Å². The summed E-state index contributed by atoms with van der Waals surface area (Å²) in [4.78, 5) is 47.8. The van der Waals surface area contributed by atoms with Gasteiger partial charge in [0.15, 0.2) is 10.9 Å². The molecule has 1 aromatic heterocycles. The standard InChI is InChI=1S/C25H29FN4O3S/c26-18-6-4-5-16(13-18)23(32)28-25-27-20-14-17(15-21(31)22(20)34-25)24(33)30-11-9-29(10-12-30)19-7-2-1-3-8-19/h4-6,13,17,19H,1-3,7-12,14-15H2,(H,27,28,32)/t17-/m1/s1. The maximum absolute atomic E-state index is 13.4. The lowest BCUT2D eigenvalue weighted by Gasteiger charge is -2.41. The van der Waals surface area contributed by atoms with Crippen LogP contribution in [0.4, 0.5) is 9.52 Å². The summed E-state index contributed by atoms with van der Waals surface area (Å²) in [7, 11) is 0. The van der Waals surface area contributed by atoms with Gasteiger partial charge in [0.1, 0.15) is 5.82 Å². The lowest BCUT2D eigenvalue weighted by molar-refractivity contribution is -0.137. The quantitative estimate of drug-likeness (QED) is 0.715. The van der Waals surface area contributed by atoms with Crippen LogP contribution in [-0.4, -0.2) is 64.6 Å². The number of benzene rings is 1. The Kier molecular flexibility index (Phi) is 6.74. The minimum atomic E-state index is -0.498. The summed E-state index contributed by atoms with van der Waals surface area (Å²) in [5, 5.41) is 2.95. The number of aromatic nitrogens is 1. The highest BCUT2D eigenvalue weighted by atomic mass is 32.1. The van der Waals surface area contributed by atoms with E-state index in [9.17, 15) is 18.8 Å².